The Hall–Kier alpha value is -3.71. The molecule has 0 unspecified atom stereocenters. The number of rotatable bonds is 10. The highest BCUT2D eigenvalue weighted by Crippen LogP contribution is 2.22. The zero-order valence-electron chi connectivity index (χ0n) is 18.7. The van der Waals surface area contributed by atoms with Gasteiger partial charge in [-0.25, -0.2) is 10.2 Å². The van der Waals surface area contributed by atoms with Crippen molar-refractivity contribution in [3.63, 3.8) is 0 Å². The number of nitrogens with zero attached hydrogens (tertiary/aromatic N) is 1. The van der Waals surface area contributed by atoms with E-state index in [2.05, 4.69) is 33.4 Å². The van der Waals surface area contributed by atoms with Gasteiger partial charge in [0, 0.05) is 21.7 Å². The van der Waals surface area contributed by atoms with Crippen molar-refractivity contribution in [2.24, 2.45) is 5.10 Å². The quantitative estimate of drug-likeness (QED) is 0.0886. The van der Waals surface area contributed by atoms with Gasteiger partial charge in [-0.15, -0.1) is 0 Å². The summed E-state index contributed by atoms with van der Waals surface area (Å²) in [7, 11) is 0. The van der Waals surface area contributed by atoms with Crippen LogP contribution in [-0.2, 0) is 4.79 Å². The molecule has 6 nitrogen and oxygen atoms in total. The standard InChI is InChI=1S/C27H25BrN2O4/c1-2-3-17-33-24-13-10-21(11-14-24)27(32)30-29-19-22-18-23(28)12-15-25(22)34-26(31)16-9-20-7-5-4-6-8-20/h4-16,18-19H,2-3,17H2,1H3,(H,30,32)/b16-9+,29-19-. The van der Waals surface area contributed by atoms with Crippen molar-refractivity contribution in [2.75, 3.05) is 6.61 Å². The maximum absolute atomic E-state index is 12.4. The molecule has 0 aliphatic rings. The van der Waals surface area contributed by atoms with E-state index in [9.17, 15) is 9.59 Å². The molecule has 0 saturated carbocycles. The molecule has 0 atom stereocenters. The van der Waals surface area contributed by atoms with Crippen LogP contribution in [0.1, 0.15) is 41.3 Å². The number of hydrogen-bond donors (Lipinski definition) is 1. The highest BCUT2D eigenvalue weighted by atomic mass is 79.9. The Morgan fingerprint density at radius 3 is 2.53 bits per heavy atom. The molecular weight excluding hydrogens is 496 g/mol. The van der Waals surface area contributed by atoms with Crippen molar-refractivity contribution < 1.29 is 19.1 Å². The van der Waals surface area contributed by atoms with Crippen LogP contribution in [0.5, 0.6) is 11.5 Å². The van der Waals surface area contributed by atoms with Gasteiger partial charge in [0.2, 0.25) is 0 Å². The summed E-state index contributed by atoms with van der Waals surface area (Å²) >= 11 is 3.40. The number of unbranched alkanes of at least 4 members (excludes halogenated alkanes) is 1. The summed E-state index contributed by atoms with van der Waals surface area (Å²) in [6.45, 7) is 2.75. The second-order valence-corrected chi connectivity index (χ2v) is 8.19. The fraction of sp³-hybridized carbons (Fsp3) is 0.148. The van der Waals surface area contributed by atoms with E-state index in [1.165, 1.54) is 12.3 Å². The Kier molecular flexibility index (Phi) is 9.61. The molecule has 1 amide bonds. The normalized spacial score (nSPS) is 11.0. The molecule has 3 aromatic carbocycles. The molecule has 0 radical (unpaired) electrons. The molecule has 1 N–H and O–H groups in total. The first-order chi connectivity index (χ1) is 16.5. The van der Waals surface area contributed by atoms with Crippen LogP contribution >= 0.6 is 15.9 Å². The maximum Gasteiger partial charge on any atom is 0.336 e. The van der Waals surface area contributed by atoms with Crippen molar-refractivity contribution in [3.8, 4) is 11.5 Å². The second-order valence-electron chi connectivity index (χ2n) is 7.27. The number of hydrazone groups is 1. The number of benzene rings is 3. The summed E-state index contributed by atoms with van der Waals surface area (Å²) in [5, 5.41) is 4.02. The van der Waals surface area contributed by atoms with E-state index in [0.29, 0.717) is 23.5 Å². The lowest BCUT2D eigenvalue weighted by atomic mass is 10.2. The predicted octanol–water partition coefficient (Wildman–Crippen LogP) is 6.01. The monoisotopic (exact) mass is 520 g/mol. The van der Waals surface area contributed by atoms with Gasteiger partial charge in [-0.05, 0) is 60.5 Å². The van der Waals surface area contributed by atoms with Crippen LogP contribution in [0.15, 0.2) is 88.4 Å². The topological polar surface area (TPSA) is 77.0 Å². The first-order valence-electron chi connectivity index (χ1n) is 10.9. The summed E-state index contributed by atoms with van der Waals surface area (Å²) < 4.78 is 11.8. The molecule has 0 saturated heterocycles. The van der Waals surface area contributed by atoms with Crippen LogP contribution in [0.3, 0.4) is 0 Å². The van der Waals surface area contributed by atoms with Gasteiger partial charge < -0.3 is 9.47 Å². The third-order valence-corrected chi connectivity index (χ3v) is 5.14. The van der Waals surface area contributed by atoms with Crippen molar-refractivity contribution >= 4 is 40.1 Å². The lowest BCUT2D eigenvalue weighted by Crippen LogP contribution is -2.17. The number of hydrogen-bond acceptors (Lipinski definition) is 5. The van der Waals surface area contributed by atoms with Gasteiger partial charge in [0.1, 0.15) is 11.5 Å². The number of carbonyl (C=O) groups excluding carboxylic acids is 2. The van der Waals surface area contributed by atoms with E-state index in [1.54, 1.807) is 48.5 Å². The van der Waals surface area contributed by atoms with Crippen LogP contribution in [0.2, 0.25) is 0 Å². The molecule has 0 bridgehead atoms. The van der Waals surface area contributed by atoms with Gasteiger partial charge in [0.05, 0.1) is 12.8 Å². The maximum atomic E-state index is 12.4. The molecule has 0 heterocycles. The number of nitrogens with one attached hydrogen (secondary N) is 1. The van der Waals surface area contributed by atoms with Gasteiger partial charge in [-0.3, -0.25) is 4.79 Å². The SMILES string of the molecule is CCCCOc1ccc(C(=O)N/N=C\c2cc(Br)ccc2OC(=O)/C=C/c2ccccc2)cc1. The summed E-state index contributed by atoms with van der Waals surface area (Å²) in [6, 6.07) is 21.5. The third-order valence-electron chi connectivity index (χ3n) is 4.65. The van der Waals surface area contributed by atoms with Gasteiger partial charge in [0.15, 0.2) is 0 Å². The van der Waals surface area contributed by atoms with E-state index in [0.717, 1.165) is 28.6 Å². The van der Waals surface area contributed by atoms with Gasteiger partial charge >= 0.3 is 5.97 Å². The molecule has 0 aliphatic heterocycles. The van der Waals surface area contributed by atoms with Gasteiger partial charge in [-0.1, -0.05) is 59.6 Å². The molecule has 34 heavy (non-hydrogen) atoms. The van der Waals surface area contributed by atoms with Gasteiger partial charge in [-0.2, -0.15) is 5.10 Å². The Morgan fingerprint density at radius 1 is 1.03 bits per heavy atom. The minimum atomic E-state index is -0.522. The molecule has 0 spiro atoms. The Labute approximate surface area is 207 Å². The fourth-order valence-electron chi connectivity index (χ4n) is 2.85. The Morgan fingerprint density at radius 2 is 1.79 bits per heavy atom. The minimum absolute atomic E-state index is 0.317. The van der Waals surface area contributed by atoms with Crippen LogP contribution in [0.4, 0.5) is 0 Å². The smallest absolute Gasteiger partial charge is 0.336 e. The van der Waals surface area contributed by atoms with Crippen molar-refractivity contribution in [2.45, 2.75) is 19.8 Å². The summed E-state index contributed by atoms with van der Waals surface area (Å²) in [6.07, 6.45) is 6.49. The van der Waals surface area contributed by atoms with E-state index in [-0.39, 0.29) is 5.91 Å². The second kappa shape index (κ2) is 13.1. The van der Waals surface area contributed by atoms with Crippen LogP contribution in [0.25, 0.3) is 6.08 Å². The Balaban J connectivity index is 1.60. The first-order valence-corrected chi connectivity index (χ1v) is 11.6. The predicted molar refractivity (Wildman–Crippen MR) is 137 cm³/mol. The number of ether oxygens (including phenoxy) is 2. The van der Waals surface area contributed by atoms with Gasteiger partial charge in [0.25, 0.3) is 5.91 Å². The minimum Gasteiger partial charge on any atom is -0.494 e. The lowest BCUT2D eigenvalue weighted by Gasteiger charge is -2.07. The molecule has 3 rings (SSSR count). The average Bonchev–Trinajstić information content (AvgIpc) is 2.85. The average molecular weight is 521 g/mol. The summed E-state index contributed by atoms with van der Waals surface area (Å²) in [5.41, 5.74) is 4.35. The molecule has 0 aliphatic carbocycles. The van der Waals surface area contributed by atoms with E-state index in [4.69, 9.17) is 9.47 Å². The molecule has 174 valence electrons. The van der Waals surface area contributed by atoms with E-state index in [1.807, 2.05) is 30.3 Å². The Bertz CT molecular complexity index is 1160. The summed E-state index contributed by atoms with van der Waals surface area (Å²) in [4.78, 5) is 24.6. The van der Waals surface area contributed by atoms with E-state index >= 15 is 0 Å². The number of halogens is 1. The first kappa shape index (κ1) is 24.9. The molecule has 3 aromatic rings. The van der Waals surface area contributed by atoms with Crippen LogP contribution in [-0.4, -0.2) is 24.7 Å². The van der Waals surface area contributed by atoms with Crippen molar-refractivity contribution in [1.29, 1.82) is 0 Å². The number of carbonyl (C=O) groups is 2. The number of esters is 1. The largest absolute Gasteiger partial charge is 0.494 e. The highest BCUT2D eigenvalue weighted by Gasteiger charge is 2.08. The van der Waals surface area contributed by atoms with Crippen LogP contribution in [0, 0.1) is 0 Å². The zero-order valence-corrected chi connectivity index (χ0v) is 20.3. The van der Waals surface area contributed by atoms with E-state index < -0.39 is 5.97 Å². The molecular formula is C27H25BrN2O4. The summed E-state index contributed by atoms with van der Waals surface area (Å²) in [5.74, 6) is 0.148. The number of amides is 1. The van der Waals surface area contributed by atoms with Crippen molar-refractivity contribution in [3.05, 3.63) is 100 Å². The lowest BCUT2D eigenvalue weighted by molar-refractivity contribution is -0.128. The zero-order chi connectivity index (χ0) is 24.2. The molecule has 0 aromatic heterocycles. The van der Waals surface area contributed by atoms with Crippen molar-refractivity contribution in [1.82, 2.24) is 5.43 Å². The molecule has 0 fully saturated rings. The highest BCUT2D eigenvalue weighted by molar-refractivity contribution is 9.10. The third kappa shape index (κ3) is 8.01. The fourth-order valence-corrected chi connectivity index (χ4v) is 3.22. The molecule has 7 heteroatoms. The van der Waals surface area contributed by atoms with Crippen LogP contribution < -0.4 is 14.9 Å².